The maximum absolute atomic E-state index is 11.7. The zero-order valence-electron chi connectivity index (χ0n) is 12.7. The third kappa shape index (κ3) is 6.57. The summed E-state index contributed by atoms with van der Waals surface area (Å²) in [5.41, 5.74) is 0.0571. The Morgan fingerprint density at radius 1 is 1.43 bits per heavy atom. The molecule has 1 heterocycles. The van der Waals surface area contributed by atoms with Crippen LogP contribution in [0.3, 0.4) is 0 Å². The van der Waals surface area contributed by atoms with Crippen molar-refractivity contribution in [2.24, 2.45) is 5.92 Å². The molecule has 1 aromatic rings. The van der Waals surface area contributed by atoms with Crippen LogP contribution in [0.25, 0.3) is 0 Å². The lowest BCUT2D eigenvalue weighted by Gasteiger charge is -2.17. The Morgan fingerprint density at radius 3 is 2.71 bits per heavy atom. The van der Waals surface area contributed by atoms with Gasteiger partial charge in [-0.15, -0.1) is 11.3 Å². The summed E-state index contributed by atoms with van der Waals surface area (Å²) in [5, 5.41) is 16.6. The van der Waals surface area contributed by atoms with Gasteiger partial charge in [-0.2, -0.15) is 0 Å². The second-order valence-corrected chi connectivity index (χ2v) is 6.17. The van der Waals surface area contributed by atoms with E-state index in [1.165, 1.54) is 16.7 Å². The summed E-state index contributed by atoms with van der Waals surface area (Å²) in [6.45, 7) is 6.73. The molecule has 0 spiro atoms. The molecule has 21 heavy (non-hydrogen) atoms. The second kappa shape index (κ2) is 8.61. The van der Waals surface area contributed by atoms with Gasteiger partial charge in [-0.05, 0) is 19.3 Å². The van der Waals surface area contributed by atoms with Crippen LogP contribution >= 0.6 is 11.3 Å². The van der Waals surface area contributed by atoms with Gasteiger partial charge in [0.2, 0.25) is 0 Å². The molecule has 1 rings (SSSR count). The highest BCUT2D eigenvalue weighted by atomic mass is 32.1. The highest BCUT2D eigenvalue weighted by molar-refractivity contribution is 7.09. The normalized spacial score (nSPS) is 13.5. The van der Waals surface area contributed by atoms with Crippen molar-refractivity contribution in [2.75, 3.05) is 6.54 Å². The van der Waals surface area contributed by atoms with Gasteiger partial charge in [0.05, 0.1) is 5.01 Å². The lowest BCUT2D eigenvalue weighted by Crippen LogP contribution is -2.42. The van der Waals surface area contributed by atoms with Crippen molar-refractivity contribution in [3.63, 3.8) is 0 Å². The zero-order valence-corrected chi connectivity index (χ0v) is 13.5. The molecule has 0 aromatic carbocycles. The fourth-order valence-electron chi connectivity index (χ4n) is 1.91. The van der Waals surface area contributed by atoms with Crippen LogP contribution in [0.1, 0.15) is 49.1 Å². The maximum atomic E-state index is 11.7. The maximum Gasteiger partial charge on any atom is 0.355 e. The van der Waals surface area contributed by atoms with Gasteiger partial charge in [0, 0.05) is 24.4 Å². The van der Waals surface area contributed by atoms with Gasteiger partial charge in [0.25, 0.3) is 0 Å². The molecular formula is C14H23N3O3S. The minimum absolute atomic E-state index is 0.0571. The average Bonchev–Trinajstić information content (AvgIpc) is 2.87. The molecule has 3 N–H and O–H groups in total. The molecule has 0 aliphatic heterocycles. The van der Waals surface area contributed by atoms with Crippen molar-refractivity contribution in [3.05, 3.63) is 16.1 Å². The minimum Gasteiger partial charge on any atom is -0.476 e. The van der Waals surface area contributed by atoms with E-state index in [-0.39, 0.29) is 17.8 Å². The number of carboxylic acids is 1. The smallest absolute Gasteiger partial charge is 0.355 e. The van der Waals surface area contributed by atoms with Crippen molar-refractivity contribution in [2.45, 2.75) is 46.1 Å². The van der Waals surface area contributed by atoms with Crippen LogP contribution in [0.5, 0.6) is 0 Å². The fraction of sp³-hybridized carbons (Fsp3) is 0.643. The van der Waals surface area contributed by atoms with E-state index in [1.807, 2.05) is 6.92 Å². The summed E-state index contributed by atoms with van der Waals surface area (Å²) in [4.78, 5) is 26.4. The summed E-state index contributed by atoms with van der Waals surface area (Å²) in [5.74, 6) is -0.438. The summed E-state index contributed by atoms with van der Waals surface area (Å²) in [6, 6.07) is -0.0563. The Kier molecular flexibility index (Phi) is 7.14. The third-order valence-corrected chi connectivity index (χ3v) is 4.13. The highest BCUT2D eigenvalue weighted by Crippen LogP contribution is 2.10. The van der Waals surface area contributed by atoms with Crippen molar-refractivity contribution in [3.8, 4) is 0 Å². The molecule has 118 valence electrons. The second-order valence-electron chi connectivity index (χ2n) is 5.23. The van der Waals surface area contributed by atoms with Crippen molar-refractivity contribution in [1.82, 2.24) is 15.6 Å². The van der Waals surface area contributed by atoms with Crippen LogP contribution in [0.4, 0.5) is 4.79 Å². The number of nitrogens with zero attached hydrogens (tertiary/aromatic N) is 1. The van der Waals surface area contributed by atoms with Gasteiger partial charge in [-0.25, -0.2) is 14.6 Å². The van der Waals surface area contributed by atoms with Crippen LogP contribution in [0.15, 0.2) is 5.38 Å². The summed E-state index contributed by atoms with van der Waals surface area (Å²) in [6.07, 6.45) is 2.59. The number of carbonyl (C=O) groups excluding carboxylic acids is 1. The van der Waals surface area contributed by atoms with E-state index in [2.05, 4.69) is 29.5 Å². The van der Waals surface area contributed by atoms with Gasteiger partial charge in [0.1, 0.15) is 0 Å². The van der Waals surface area contributed by atoms with Crippen LogP contribution < -0.4 is 10.6 Å². The topological polar surface area (TPSA) is 91.3 Å². The zero-order chi connectivity index (χ0) is 15.8. The monoisotopic (exact) mass is 313 g/mol. The number of thiazole rings is 1. The lowest BCUT2D eigenvalue weighted by atomic mass is 10.0. The van der Waals surface area contributed by atoms with Crippen LogP contribution in [-0.2, 0) is 6.42 Å². The molecule has 2 unspecified atom stereocenters. The number of amides is 2. The molecule has 2 amide bonds. The first kappa shape index (κ1) is 17.4. The van der Waals surface area contributed by atoms with E-state index in [1.54, 1.807) is 0 Å². The molecule has 6 nitrogen and oxygen atoms in total. The van der Waals surface area contributed by atoms with E-state index in [9.17, 15) is 9.59 Å². The molecule has 0 aliphatic carbocycles. The fourth-order valence-corrected chi connectivity index (χ4v) is 2.68. The lowest BCUT2D eigenvalue weighted by molar-refractivity contribution is 0.0691. The average molecular weight is 313 g/mol. The van der Waals surface area contributed by atoms with Crippen LogP contribution in [0.2, 0.25) is 0 Å². The number of aromatic nitrogens is 1. The first-order valence-corrected chi connectivity index (χ1v) is 8.02. The van der Waals surface area contributed by atoms with Gasteiger partial charge in [-0.1, -0.05) is 20.3 Å². The van der Waals surface area contributed by atoms with E-state index in [4.69, 9.17) is 5.11 Å². The molecule has 0 radical (unpaired) electrons. The Morgan fingerprint density at radius 2 is 2.14 bits per heavy atom. The van der Waals surface area contributed by atoms with Gasteiger partial charge >= 0.3 is 12.0 Å². The van der Waals surface area contributed by atoms with Gasteiger partial charge < -0.3 is 15.7 Å². The summed E-state index contributed by atoms with van der Waals surface area (Å²) < 4.78 is 0. The molecule has 0 aliphatic rings. The minimum atomic E-state index is -1.03. The first-order valence-electron chi connectivity index (χ1n) is 7.14. The number of carboxylic acid groups (broad SMARTS) is 1. The van der Waals surface area contributed by atoms with E-state index >= 15 is 0 Å². The number of hydrogen-bond donors (Lipinski definition) is 3. The number of nitrogens with one attached hydrogen (secondary N) is 2. The highest BCUT2D eigenvalue weighted by Gasteiger charge is 2.11. The molecule has 7 heteroatoms. The standard InChI is InChI=1S/C14H23N3O3S/c1-4-9(2)7-10(3)16-14(20)15-6-5-12-17-11(8-21-12)13(18)19/h8-10H,4-7H2,1-3H3,(H,18,19)(H2,15,16,20). The van der Waals surface area contributed by atoms with Gasteiger partial charge in [-0.3, -0.25) is 0 Å². The molecule has 0 saturated heterocycles. The molecule has 0 saturated carbocycles. The molecule has 1 aromatic heterocycles. The number of aromatic carboxylic acids is 1. The third-order valence-electron chi connectivity index (χ3n) is 3.23. The van der Waals surface area contributed by atoms with Crippen molar-refractivity contribution < 1.29 is 14.7 Å². The largest absolute Gasteiger partial charge is 0.476 e. The predicted molar refractivity (Wildman–Crippen MR) is 82.8 cm³/mol. The Hall–Kier alpha value is -1.63. The summed E-state index contributed by atoms with van der Waals surface area (Å²) >= 11 is 1.29. The SMILES string of the molecule is CCC(C)CC(C)NC(=O)NCCc1nc(C(=O)O)cs1. The van der Waals surface area contributed by atoms with E-state index in [0.717, 1.165) is 12.8 Å². The quantitative estimate of drug-likeness (QED) is 0.687. The Balaban J connectivity index is 2.25. The van der Waals surface area contributed by atoms with Crippen LogP contribution in [-0.4, -0.2) is 34.7 Å². The number of hydrogen-bond acceptors (Lipinski definition) is 4. The number of rotatable bonds is 8. The van der Waals surface area contributed by atoms with Crippen molar-refractivity contribution >= 4 is 23.3 Å². The molecule has 2 atom stereocenters. The molecule has 0 fully saturated rings. The first-order chi connectivity index (χ1) is 9.92. The molecule has 0 bridgehead atoms. The number of urea groups is 1. The molecular weight excluding hydrogens is 290 g/mol. The van der Waals surface area contributed by atoms with Gasteiger partial charge in [0.15, 0.2) is 5.69 Å². The number of carbonyl (C=O) groups is 2. The van der Waals surface area contributed by atoms with Crippen molar-refractivity contribution in [1.29, 1.82) is 0 Å². The Bertz CT molecular complexity index is 476. The summed E-state index contributed by atoms with van der Waals surface area (Å²) in [7, 11) is 0. The van der Waals surface area contributed by atoms with E-state index in [0.29, 0.717) is 23.9 Å². The predicted octanol–water partition coefficient (Wildman–Crippen LogP) is 2.51. The van der Waals surface area contributed by atoms with E-state index < -0.39 is 5.97 Å². The van der Waals surface area contributed by atoms with Crippen LogP contribution in [0, 0.1) is 5.92 Å². The Labute approximate surface area is 129 Å².